The Kier molecular flexibility index (Phi) is 2.55. The number of hydrogen-bond acceptors (Lipinski definition) is 2. The van der Waals surface area contributed by atoms with Crippen molar-refractivity contribution in [2.24, 2.45) is 5.92 Å². The minimum atomic E-state index is 0.168. The Morgan fingerprint density at radius 1 is 1.31 bits per heavy atom. The van der Waals surface area contributed by atoms with E-state index < -0.39 is 0 Å². The number of furan rings is 1. The van der Waals surface area contributed by atoms with Crippen LogP contribution in [-0.2, 0) is 12.0 Å². The summed E-state index contributed by atoms with van der Waals surface area (Å²) in [5.74, 6) is 2.00. The van der Waals surface area contributed by atoms with Gasteiger partial charge in [0.15, 0.2) is 0 Å². The van der Waals surface area contributed by atoms with Gasteiger partial charge in [-0.2, -0.15) is 0 Å². The molecule has 1 aliphatic heterocycles. The van der Waals surface area contributed by atoms with E-state index in [9.17, 15) is 0 Å². The van der Waals surface area contributed by atoms with Crippen LogP contribution in [0.1, 0.15) is 50.4 Å². The minimum absolute atomic E-state index is 0.168. The molecular weight excluding hydrogens is 198 g/mol. The Bertz CT molecular complexity index is 365. The van der Waals surface area contributed by atoms with Crippen LogP contribution in [0.25, 0.3) is 0 Å². The zero-order valence-corrected chi connectivity index (χ0v) is 10.1. The molecule has 1 unspecified atom stereocenters. The van der Waals surface area contributed by atoms with Gasteiger partial charge >= 0.3 is 0 Å². The van der Waals surface area contributed by atoms with Crippen LogP contribution in [0, 0.1) is 5.92 Å². The molecule has 0 amide bonds. The summed E-state index contributed by atoms with van der Waals surface area (Å²) in [5, 5.41) is 3.75. The average molecular weight is 219 g/mol. The molecule has 1 aromatic rings. The van der Waals surface area contributed by atoms with Crippen molar-refractivity contribution in [3.05, 3.63) is 23.7 Å². The smallest absolute Gasteiger partial charge is 0.110 e. The molecule has 88 valence electrons. The van der Waals surface area contributed by atoms with Crippen LogP contribution < -0.4 is 5.32 Å². The first-order chi connectivity index (χ1) is 7.81. The van der Waals surface area contributed by atoms with Crippen LogP contribution in [-0.4, -0.2) is 6.54 Å². The number of fused-ring (bicyclic) bond motifs is 1. The Morgan fingerprint density at radius 3 is 2.94 bits per heavy atom. The normalized spacial score (nSPS) is 31.3. The molecule has 2 nitrogen and oxygen atoms in total. The fraction of sp³-hybridized carbons (Fsp3) is 0.714. The summed E-state index contributed by atoms with van der Waals surface area (Å²) >= 11 is 0. The molecule has 0 saturated heterocycles. The van der Waals surface area contributed by atoms with Crippen LogP contribution in [0.2, 0.25) is 0 Å². The predicted octanol–water partition coefficient (Wildman–Crippen LogP) is 3.22. The number of hydrogen-bond donors (Lipinski definition) is 1. The lowest BCUT2D eigenvalue weighted by atomic mass is 9.71. The van der Waals surface area contributed by atoms with Crippen LogP contribution in [0.15, 0.2) is 16.7 Å². The third-order valence-corrected chi connectivity index (χ3v) is 4.57. The second kappa shape index (κ2) is 3.92. The van der Waals surface area contributed by atoms with E-state index in [0.29, 0.717) is 0 Å². The number of rotatable bonds is 1. The van der Waals surface area contributed by atoms with Gasteiger partial charge in [-0.3, -0.25) is 0 Å². The molecule has 0 spiro atoms. The summed E-state index contributed by atoms with van der Waals surface area (Å²) in [5.41, 5.74) is 1.59. The lowest BCUT2D eigenvalue weighted by Crippen LogP contribution is -2.50. The van der Waals surface area contributed by atoms with E-state index >= 15 is 0 Å². The first-order valence-electron chi connectivity index (χ1n) is 6.62. The van der Waals surface area contributed by atoms with Crippen LogP contribution in [0.5, 0.6) is 0 Å². The van der Waals surface area contributed by atoms with Gasteiger partial charge in [-0.25, -0.2) is 0 Å². The largest absolute Gasteiger partial charge is 0.469 e. The van der Waals surface area contributed by atoms with E-state index in [1.54, 1.807) is 0 Å². The fourth-order valence-electron chi connectivity index (χ4n) is 3.57. The van der Waals surface area contributed by atoms with Crippen molar-refractivity contribution in [2.75, 3.05) is 6.54 Å². The Labute approximate surface area is 97.4 Å². The molecule has 1 aliphatic carbocycles. The highest BCUT2D eigenvalue weighted by Gasteiger charge is 2.40. The van der Waals surface area contributed by atoms with Crippen LogP contribution in [0.4, 0.5) is 0 Å². The molecule has 1 fully saturated rings. The molecule has 2 heteroatoms. The van der Waals surface area contributed by atoms with E-state index in [2.05, 4.69) is 18.3 Å². The lowest BCUT2D eigenvalue weighted by molar-refractivity contribution is 0.165. The van der Waals surface area contributed by atoms with Gasteiger partial charge in [0, 0.05) is 24.1 Å². The molecule has 1 saturated carbocycles. The highest BCUT2D eigenvalue weighted by atomic mass is 16.3. The molecule has 2 heterocycles. The lowest BCUT2D eigenvalue weighted by Gasteiger charge is -2.43. The Balaban J connectivity index is 1.93. The maximum absolute atomic E-state index is 5.60. The summed E-state index contributed by atoms with van der Waals surface area (Å²) < 4.78 is 5.60. The summed E-state index contributed by atoms with van der Waals surface area (Å²) in [6, 6.07) is 2.18. The maximum atomic E-state index is 5.60. The first kappa shape index (κ1) is 10.4. The third-order valence-electron chi connectivity index (χ3n) is 4.57. The van der Waals surface area contributed by atoms with Crippen LogP contribution in [0.3, 0.4) is 0 Å². The van der Waals surface area contributed by atoms with Gasteiger partial charge in [-0.1, -0.05) is 19.3 Å². The SMILES string of the molecule is CC1(C2CCCCC2)NCCc2occc21. The van der Waals surface area contributed by atoms with Gasteiger partial charge in [0.1, 0.15) is 5.76 Å². The van der Waals surface area contributed by atoms with Crippen molar-refractivity contribution >= 4 is 0 Å². The zero-order valence-electron chi connectivity index (χ0n) is 10.1. The molecule has 1 atom stereocenters. The molecule has 1 N–H and O–H groups in total. The van der Waals surface area contributed by atoms with Crippen molar-refractivity contribution < 1.29 is 4.42 Å². The van der Waals surface area contributed by atoms with E-state index in [1.807, 2.05) is 6.26 Å². The third kappa shape index (κ3) is 1.51. The maximum Gasteiger partial charge on any atom is 0.110 e. The van der Waals surface area contributed by atoms with Gasteiger partial charge in [-0.15, -0.1) is 0 Å². The monoisotopic (exact) mass is 219 g/mol. The molecule has 3 rings (SSSR count). The van der Waals surface area contributed by atoms with E-state index in [0.717, 1.165) is 18.9 Å². The fourth-order valence-corrected chi connectivity index (χ4v) is 3.57. The van der Waals surface area contributed by atoms with Gasteiger partial charge in [0.2, 0.25) is 0 Å². The second-order valence-electron chi connectivity index (χ2n) is 5.47. The van der Waals surface area contributed by atoms with Gasteiger partial charge in [0.05, 0.1) is 6.26 Å². The van der Waals surface area contributed by atoms with Crippen molar-refractivity contribution in [1.82, 2.24) is 5.32 Å². The standard InChI is InChI=1S/C14H21NO/c1-14(11-5-3-2-4-6-11)12-8-10-16-13(12)7-9-15-14/h8,10-11,15H,2-7,9H2,1H3. The van der Waals surface area contributed by atoms with Crippen molar-refractivity contribution in [2.45, 2.75) is 51.0 Å². The highest BCUT2D eigenvalue weighted by molar-refractivity contribution is 5.30. The average Bonchev–Trinajstić information content (AvgIpc) is 2.80. The molecular formula is C14H21NO. The van der Waals surface area contributed by atoms with Gasteiger partial charge in [0.25, 0.3) is 0 Å². The first-order valence-corrected chi connectivity index (χ1v) is 6.62. The summed E-state index contributed by atoms with van der Waals surface area (Å²) in [7, 11) is 0. The predicted molar refractivity (Wildman–Crippen MR) is 64.3 cm³/mol. The highest BCUT2D eigenvalue weighted by Crippen LogP contribution is 2.42. The van der Waals surface area contributed by atoms with E-state index in [1.165, 1.54) is 43.4 Å². The number of nitrogens with one attached hydrogen (secondary N) is 1. The molecule has 1 aromatic heterocycles. The molecule has 0 bridgehead atoms. The van der Waals surface area contributed by atoms with Crippen molar-refractivity contribution in [3.63, 3.8) is 0 Å². The molecule has 2 aliphatic rings. The Morgan fingerprint density at radius 2 is 2.12 bits per heavy atom. The Hall–Kier alpha value is -0.760. The summed E-state index contributed by atoms with van der Waals surface area (Å²) in [6.45, 7) is 3.43. The zero-order chi connectivity index (χ0) is 11.0. The van der Waals surface area contributed by atoms with Crippen LogP contribution >= 0.6 is 0 Å². The van der Waals surface area contributed by atoms with E-state index in [-0.39, 0.29) is 5.54 Å². The topological polar surface area (TPSA) is 25.2 Å². The molecule has 0 radical (unpaired) electrons. The molecule has 16 heavy (non-hydrogen) atoms. The second-order valence-corrected chi connectivity index (χ2v) is 5.47. The molecule has 0 aromatic carbocycles. The van der Waals surface area contributed by atoms with Gasteiger partial charge in [-0.05, 0) is 31.7 Å². The van der Waals surface area contributed by atoms with Crippen molar-refractivity contribution in [3.8, 4) is 0 Å². The van der Waals surface area contributed by atoms with Crippen molar-refractivity contribution in [1.29, 1.82) is 0 Å². The quantitative estimate of drug-likeness (QED) is 0.784. The van der Waals surface area contributed by atoms with Gasteiger partial charge < -0.3 is 9.73 Å². The van der Waals surface area contributed by atoms with E-state index in [4.69, 9.17) is 4.42 Å². The summed E-state index contributed by atoms with van der Waals surface area (Å²) in [4.78, 5) is 0. The minimum Gasteiger partial charge on any atom is -0.469 e. The summed E-state index contributed by atoms with van der Waals surface area (Å²) in [6.07, 6.45) is 9.86.